The number of benzene rings is 23. The first-order chi connectivity index (χ1) is 70.9. The molecule has 0 aliphatic rings. The molecule has 30 aromatic rings. The Balaban J connectivity index is 0.000000106. The van der Waals surface area contributed by atoms with E-state index in [2.05, 4.69) is 572 Å². The van der Waals surface area contributed by atoms with Gasteiger partial charge in [-0.15, -0.1) is 0 Å². The number of aromatic nitrogens is 7. The molecule has 0 fully saturated rings. The standard InChI is InChI=1S/C54H35N3.C42H28N2.C40H26N2/c1-4-14-40(15-5-1)55-49-22-12-10-20-43(49)45-32-36(24-28-51(45)55)38-26-30-53-47(34-38)48-35-39(27-31-54(48)57(53)42-18-8-3-9-19-42)37-25-29-52-46(33-37)44-21-11-13-23-50(44)56(52)41-16-6-2-7-17-41;1-3-11-29(12-4-1)30-19-23-34(24-20-30)44-40-18-10-8-16-36(40)38-28-32(22-26-42(38)44)31-21-25-41-37(27-31)35-15-7-9-17-39(35)43(41)33-13-5-2-6-14-33;1-2-12-31(13-3-1)41-37-16-8-6-14-33(37)35-25-29(19-22-39(35)41)30-20-23-40-36(26-30)34-15-7-9-17-38(34)42(40)32-21-18-27-10-4-5-11-28(27)24-32/h1-35H;1-28H;1-26H. The van der Waals surface area contributed by atoms with E-state index in [9.17, 15) is 0 Å². The second-order valence-electron chi connectivity index (χ2n) is 37.4. The summed E-state index contributed by atoms with van der Waals surface area (Å²) in [6, 6.07) is 196. The van der Waals surface area contributed by atoms with Crippen molar-refractivity contribution in [3.63, 3.8) is 0 Å². The molecule has 0 spiro atoms. The van der Waals surface area contributed by atoms with Crippen molar-refractivity contribution in [1.29, 1.82) is 0 Å². The monoisotopic (exact) mass is 1820 g/mol. The number of fused-ring (bicyclic) bond motifs is 22. The first-order valence-electron chi connectivity index (χ1n) is 49.2. The molecule has 0 aliphatic carbocycles. The van der Waals surface area contributed by atoms with Crippen molar-refractivity contribution in [3.8, 4) is 95.4 Å². The van der Waals surface area contributed by atoms with E-state index >= 15 is 0 Å². The van der Waals surface area contributed by atoms with Crippen LogP contribution in [0, 0.1) is 0 Å². The van der Waals surface area contributed by atoms with Gasteiger partial charge in [0.05, 0.1) is 77.2 Å². The van der Waals surface area contributed by atoms with Crippen LogP contribution in [0.4, 0.5) is 0 Å². The minimum Gasteiger partial charge on any atom is -0.309 e. The fourth-order valence-electron chi connectivity index (χ4n) is 22.9. The first kappa shape index (κ1) is 82.2. The lowest BCUT2D eigenvalue weighted by Gasteiger charge is -2.10. The van der Waals surface area contributed by atoms with Crippen LogP contribution in [-0.2, 0) is 0 Å². The van der Waals surface area contributed by atoms with Crippen LogP contribution in [0.15, 0.2) is 540 Å². The molecule has 0 amide bonds. The summed E-state index contributed by atoms with van der Waals surface area (Å²) >= 11 is 0. The molecule has 23 aromatic carbocycles. The lowest BCUT2D eigenvalue weighted by Crippen LogP contribution is -1.93. The van der Waals surface area contributed by atoms with Gasteiger partial charge in [0.1, 0.15) is 0 Å². The zero-order valence-electron chi connectivity index (χ0n) is 78.0. The fraction of sp³-hybridized carbons (Fsp3) is 0. The molecule has 0 bridgehead atoms. The second kappa shape index (κ2) is 34.0. The molecule has 7 heterocycles. The molecule has 0 aliphatic heterocycles. The van der Waals surface area contributed by atoms with Gasteiger partial charge >= 0.3 is 0 Å². The van der Waals surface area contributed by atoms with Gasteiger partial charge in [-0.2, -0.15) is 0 Å². The van der Waals surface area contributed by atoms with Gasteiger partial charge in [-0.05, 0) is 285 Å². The van der Waals surface area contributed by atoms with Crippen molar-refractivity contribution in [3.05, 3.63) is 540 Å². The van der Waals surface area contributed by atoms with Gasteiger partial charge < -0.3 is 32.0 Å². The zero-order valence-corrected chi connectivity index (χ0v) is 78.0. The van der Waals surface area contributed by atoms with Gasteiger partial charge in [0.25, 0.3) is 0 Å². The van der Waals surface area contributed by atoms with E-state index in [0.717, 1.165) is 5.69 Å². The van der Waals surface area contributed by atoms with E-state index in [4.69, 9.17) is 0 Å². The van der Waals surface area contributed by atoms with Crippen molar-refractivity contribution < 1.29 is 0 Å². The van der Waals surface area contributed by atoms with E-state index in [-0.39, 0.29) is 0 Å². The summed E-state index contributed by atoms with van der Waals surface area (Å²) in [6.45, 7) is 0. The van der Waals surface area contributed by atoms with E-state index in [1.807, 2.05) is 0 Å². The van der Waals surface area contributed by atoms with Crippen LogP contribution in [0.1, 0.15) is 0 Å². The second-order valence-corrected chi connectivity index (χ2v) is 37.4. The molecule has 7 nitrogen and oxygen atoms in total. The molecule has 0 unspecified atom stereocenters. The summed E-state index contributed by atoms with van der Waals surface area (Å²) in [5.74, 6) is 0. The fourth-order valence-corrected chi connectivity index (χ4v) is 22.9. The molecule has 7 aromatic heterocycles. The average molecular weight is 1820 g/mol. The summed E-state index contributed by atoms with van der Waals surface area (Å²) in [7, 11) is 0. The van der Waals surface area contributed by atoms with Crippen LogP contribution < -0.4 is 0 Å². The summed E-state index contributed by atoms with van der Waals surface area (Å²) in [6.07, 6.45) is 0. The van der Waals surface area contributed by atoms with Crippen LogP contribution >= 0.6 is 0 Å². The molecule has 0 atom stereocenters. The van der Waals surface area contributed by atoms with Gasteiger partial charge in [-0.1, -0.05) is 322 Å². The van der Waals surface area contributed by atoms with E-state index < -0.39 is 0 Å². The molecule has 0 radical (unpaired) electrons. The molecule has 30 rings (SSSR count). The van der Waals surface area contributed by atoms with Gasteiger partial charge in [0, 0.05) is 115 Å². The van der Waals surface area contributed by atoms with Crippen LogP contribution in [0.2, 0.25) is 0 Å². The molecule has 143 heavy (non-hydrogen) atoms. The molecular formula is C136H89N7. The highest BCUT2D eigenvalue weighted by Crippen LogP contribution is 2.47. The predicted molar refractivity (Wildman–Crippen MR) is 604 cm³/mol. The maximum Gasteiger partial charge on any atom is 0.0541 e. The number of hydrogen-bond donors (Lipinski definition) is 0. The Labute approximate surface area is 824 Å². The smallest absolute Gasteiger partial charge is 0.0541 e. The Morgan fingerprint density at radius 3 is 0.490 bits per heavy atom. The van der Waals surface area contributed by atoms with Crippen LogP contribution in [0.25, 0.3) is 259 Å². The van der Waals surface area contributed by atoms with Crippen molar-refractivity contribution in [2.45, 2.75) is 0 Å². The molecule has 668 valence electrons. The Kier molecular flexibility index (Phi) is 19.5. The highest BCUT2D eigenvalue weighted by Gasteiger charge is 2.24. The number of para-hydroxylation sites is 11. The molecular weight excluding hydrogens is 1730 g/mol. The molecule has 0 saturated heterocycles. The largest absolute Gasteiger partial charge is 0.309 e. The van der Waals surface area contributed by atoms with E-state index in [1.165, 1.54) is 253 Å². The topological polar surface area (TPSA) is 34.5 Å². The lowest BCUT2D eigenvalue weighted by molar-refractivity contribution is 1.18. The maximum absolute atomic E-state index is 2.41. The SMILES string of the molecule is c1ccc(-c2ccc(-n3c4ccccc4c4cc(-c5ccc6c(c5)c5ccccc5n6-c5ccccc5)ccc43)cc2)cc1.c1ccc(-n2c3ccccc3c3cc(-c4ccc5c(c4)c4cc(-c6ccc7c(c6)c6ccccc6n7-c6ccccc6)ccc4n5-c4ccccc4)ccc32)cc1.c1ccc(-n2c3ccccc3c3cc(-c4ccc5c(c4)c4ccccc4n5-c4ccc5ccccc5c4)ccc32)cc1. The van der Waals surface area contributed by atoms with Gasteiger partial charge in [-0.25, -0.2) is 0 Å². The van der Waals surface area contributed by atoms with Crippen LogP contribution in [-0.4, -0.2) is 32.0 Å². The lowest BCUT2D eigenvalue weighted by atomic mass is 9.98. The Morgan fingerprint density at radius 2 is 0.245 bits per heavy atom. The molecule has 0 N–H and O–H groups in total. The Hall–Kier alpha value is -19.1. The van der Waals surface area contributed by atoms with Gasteiger partial charge in [0.15, 0.2) is 0 Å². The maximum atomic E-state index is 2.41. The third-order valence-corrected chi connectivity index (χ3v) is 29.4. The predicted octanol–water partition coefficient (Wildman–Crippen LogP) is 36.2. The van der Waals surface area contributed by atoms with Crippen molar-refractivity contribution >= 4 is 163 Å². The Bertz CT molecular complexity index is 10000. The summed E-state index contributed by atoms with van der Waals surface area (Å²) in [4.78, 5) is 0. The summed E-state index contributed by atoms with van der Waals surface area (Å²) in [5, 5.41) is 20.1. The Morgan fingerprint density at radius 1 is 0.0839 bits per heavy atom. The minimum absolute atomic E-state index is 1.16. The average Bonchev–Trinajstić information content (AvgIpc) is 1.59. The summed E-state index contributed by atoms with van der Waals surface area (Å²) in [5.41, 5.74) is 37.4. The minimum atomic E-state index is 1.16. The molecule has 0 saturated carbocycles. The zero-order chi connectivity index (χ0) is 94.1. The number of nitrogens with zero attached hydrogens (tertiary/aromatic N) is 7. The number of hydrogen-bond acceptors (Lipinski definition) is 0. The number of rotatable bonds is 12. The normalized spacial score (nSPS) is 11.8. The van der Waals surface area contributed by atoms with Crippen molar-refractivity contribution in [2.24, 2.45) is 0 Å². The van der Waals surface area contributed by atoms with Crippen LogP contribution in [0.5, 0.6) is 0 Å². The third kappa shape index (κ3) is 13.8. The van der Waals surface area contributed by atoms with Gasteiger partial charge in [-0.3, -0.25) is 0 Å². The van der Waals surface area contributed by atoms with Crippen LogP contribution in [0.3, 0.4) is 0 Å². The summed E-state index contributed by atoms with van der Waals surface area (Å²) < 4.78 is 16.7. The highest BCUT2D eigenvalue weighted by molar-refractivity contribution is 6.19. The first-order valence-corrected chi connectivity index (χ1v) is 49.2. The van der Waals surface area contributed by atoms with Crippen molar-refractivity contribution in [1.82, 2.24) is 32.0 Å². The van der Waals surface area contributed by atoms with Crippen molar-refractivity contribution in [2.75, 3.05) is 0 Å². The highest BCUT2D eigenvalue weighted by atomic mass is 15.0. The quantitative estimate of drug-likeness (QED) is 0.117. The van der Waals surface area contributed by atoms with E-state index in [0.29, 0.717) is 0 Å². The van der Waals surface area contributed by atoms with Gasteiger partial charge in [0.2, 0.25) is 0 Å². The third-order valence-electron chi connectivity index (χ3n) is 29.4. The molecule has 7 heteroatoms. The van der Waals surface area contributed by atoms with E-state index in [1.54, 1.807) is 0 Å².